The Morgan fingerprint density at radius 3 is 2.71 bits per heavy atom. The van der Waals surface area contributed by atoms with Gasteiger partial charge in [-0.1, -0.05) is 29.0 Å². The molecule has 9 heteroatoms. The van der Waals surface area contributed by atoms with Crippen LogP contribution in [0.15, 0.2) is 58.4 Å². The lowest BCUT2D eigenvalue weighted by Gasteiger charge is -2.21. The predicted octanol–water partition coefficient (Wildman–Crippen LogP) is 5.41. The number of rotatable bonds is 7. The van der Waals surface area contributed by atoms with Crippen LogP contribution in [0.1, 0.15) is 12.0 Å². The molecule has 146 valence electrons. The summed E-state index contributed by atoms with van der Waals surface area (Å²) in [6, 6.07) is 11.0. The number of benzene rings is 1. The van der Waals surface area contributed by atoms with Crippen LogP contribution in [-0.4, -0.2) is 24.5 Å². The monoisotopic (exact) mass is 451 g/mol. The Hall–Kier alpha value is -1.87. The van der Waals surface area contributed by atoms with Crippen molar-refractivity contribution in [3.05, 3.63) is 64.8 Å². The fourth-order valence-electron chi connectivity index (χ4n) is 3.00. The van der Waals surface area contributed by atoms with E-state index in [0.29, 0.717) is 27.3 Å². The van der Waals surface area contributed by atoms with Gasteiger partial charge in [0.05, 0.1) is 10.2 Å². The average Bonchev–Trinajstić information content (AvgIpc) is 3.38. The highest BCUT2D eigenvalue weighted by Crippen LogP contribution is 2.36. The Balaban J connectivity index is 1.71. The van der Waals surface area contributed by atoms with Gasteiger partial charge in [-0.05, 0) is 54.6 Å². The molecule has 0 amide bonds. The number of nitrogens with zero attached hydrogens (tertiary/aromatic N) is 3. The van der Waals surface area contributed by atoms with Crippen molar-refractivity contribution >= 4 is 59.6 Å². The first-order valence-corrected chi connectivity index (χ1v) is 12.2. The quantitative estimate of drug-likeness (QED) is 0.377. The van der Waals surface area contributed by atoms with Gasteiger partial charge in [0.1, 0.15) is 4.21 Å². The molecule has 4 aromatic rings. The van der Waals surface area contributed by atoms with E-state index in [0.717, 1.165) is 22.3 Å². The minimum absolute atomic E-state index is 0.322. The van der Waals surface area contributed by atoms with Crippen LogP contribution in [0.25, 0.3) is 10.2 Å². The maximum absolute atomic E-state index is 13.3. The van der Waals surface area contributed by atoms with Crippen LogP contribution < -0.4 is 4.31 Å². The molecule has 0 bridgehead atoms. The molecular weight excluding hydrogens is 434 g/mol. The number of hydrogen-bond acceptors (Lipinski definition) is 5. The van der Waals surface area contributed by atoms with Gasteiger partial charge in [-0.15, -0.1) is 11.3 Å². The lowest BCUT2D eigenvalue weighted by molar-refractivity contribution is 0.585. The molecule has 5 nitrogen and oxygen atoms in total. The van der Waals surface area contributed by atoms with Crippen LogP contribution in [-0.2, 0) is 16.6 Å². The lowest BCUT2D eigenvalue weighted by Crippen LogP contribution is -2.32. The van der Waals surface area contributed by atoms with Crippen LogP contribution in [0.5, 0.6) is 0 Å². The van der Waals surface area contributed by atoms with Gasteiger partial charge in [-0.3, -0.25) is 0 Å². The summed E-state index contributed by atoms with van der Waals surface area (Å²) in [6.45, 7) is 3.02. The second-order valence-electron chi connectivity index (χ2n) is 6.35. The van der Waals surface area contributed by atoms with Crippen LogP contribution in [0, 0.1) is 6.92 Å². The topological polar surface area (TPSA) is 55.2 Å². The Morgan fingerprint density at radius 2 is 2.00 bits per heavy atom. The molecule has 0 aliphatic heterocycles. The summed E-state index contributed by atoms with van der Waals surface area (Å²) < 4.78 is 31.2. The van der Waals surface area contributed by atoms with Gasteiger partial charge in [0.25, 0.3) is 10.0 Å². The molecule has 3 aromatic heterocycles. The van der Waals surface area contributed by atoms with Crippen molar-refractivity contribution in [3.8, 4) is 0 Å². The first kappa shape index (κ1) is 19.4. The van der Waals surface area contributed by atoms with Crippen LogP contribution in [0.2, 0.25) is 5.02 Å². The van der Waals surface area contributed by atoms with E-state index in [2.05, 4.69) is 4.98 Å². The highest BCUT2D eigenvalue weighted by atomic mass is 35.5. The first-order valence-electron chi connectivity index (χ1n) is 8.69. The minimum atomic E-state index is -3.66. The fraction of sp³-hybridized carbons (Fsp3) is 0.211. The largest absolute Gasteiger partial charge is 0.354 e. The van der Waals surface area contributed by atoms with Crippen molar-refractivity contribution in [2.75, 3.05) is 10.8 Å². The molecule has 0 aliphatic rings. The molecule has 0 atom stereocenters. The Bertz CT molecular complexity index is 1180. The normalized spacial score (nSPS) is 11.9. The zero-order valence-corrected chi connectivity index (χ0v) is 18.3. The van der Waals surface area contributed by atoms with Gasteiger partial charge in [0, 0.05) is 30.5 Å². The number of anilines is 1. The molecule has 0 saturated carbocycles. The van der Waals surface area contributed by atoms with Gasteiger partial charge in [0.2, 0.25) is 5.13 Å². The summed E-state index contributed by atoms with van der Waals surface area (Å²) in [5, 5.41) is 2.87. The minimum Gasteiger partial charge on any atom is -0.354 e. The molecule has 0 fully saturated rings. The second-order valence-corrected chi connectivity index (χ2v) is 10.8. The Kier molecular flexibility index (Phi) is 5.46. The summed E-state index contributed by atoms with van der Waals surface area (Å²) in [5.74, 6) is 0. The molecule has 0 N–H and O–H groups in total. The van der Waals surface area contributed by atoms with E-state index in [9.17, 15) is 8.42 Å². The molecule has 0 unspecified atom stereocenters. The molecule has 0 aliphatic carbocycles. The number of aryl methyl sites for hydroxylation is 2. The average molecular weight is 452 g/mol. The summed E-state index contributed by atoms with van der Waals surface area (Å²) in [5.41, 5.74) is 1.73. The van der Waals surface area contributed by atoms with Crippen molar-refractivity contribution in [3.63, 3.8) is 0 Å². The number of thiazole rings is 1. The van der Waals surface area contributed by atoms with E-state index in [4.69, 9.17) is 11.6 Å². The molecule has 0 spiro atoms. The van der Waals surface area contributed by atoms with Gasteiger partial charge in [0.15, 0.2) is 0 Å². The van der Waals surface area contributed by atoms with E-state index in [1.165, 1.54) is 27.0 Å². The summed E-state index contributed by atoms with van der Waals surface area (Å²) in [6.07, 6.45) is 4.62. The predicted molar refractivity (Wildman–Crippen MR) is 117 cm³/mol. The van der Waals surface area contributed by atoms with E-state index in [1.807, 2.05) is 48.1 Å². The smallest absolute Gasteiger partial charge is 0.275 e. The number of aromatic nitrogens is 2. The standard InChI is InChI=1S/C19H18ClN3O2S3/c1-14-12-15(20)13-16-18(14)21-19(27-16)23(10-5-9-22-7-2-3-8-22)28(24,25)17-6-4-11-26-17/h2-4,6-8,11-13H,5,9-10H2,1H3. The van der Waals surface area contributed by atoms with E-state index < -0.39 is 10.0 Å². The maximum Gasteiger partial charge on any atom is 0.275 e. The highest BCUT2D eigenvalue weighted by Gasteiger charge is 2.28. The van der Waals surface area contributed by atoms with Gasteiger partial charge >= 0.3 is 0 Å². The molecule has 28 heavy (non-hydrogen) atoms. The number of thiophene rings is 1. The first-order chi connectivity index (χ1) is 13.4. The SMILES string of the molecule is Cc1cc(Cl)cc2sc(N(CCCn3cccc3)S(=O)(=O)c3cccs3)nc12. The maximum atomic E-state index is 13.3. The lowest BCUT2D eigenvalue weighted by atomic mass is 10.2. The van der Waals surface area contributed by atoms with Crippen molar-refractivity contribution in [1.82, 2.24) is 9.55 Å². The Labute approximate surface area is 176 Å². The van der Waals surface area contributed by atoms with Crippen molar-refractivity contribution in [2.45, 2.75) is 24.1 Å². The van der Waals surface area contributed by atoms with Crippen molar-refractivity contribution in [2.24, 2.45) is 0 Å². The third kappa shape index (κ3) is 3.82. The van der Waals surface area contributed by atoms with Crippen LogP contribution in [0.4, 0.5) is 5.13 Å². The third-order valence-electron chi connectivity index (χ3n) is 4.34. The van der Waals surface area contributed by atoms with Gasteiger partial charge < -0.3 is 4.57 Å². The van der Waals surface area contributed by atoms with Gasteiger partial charge in [-0.2, -0.15) is 0 Å². The summed E-state index contributed by atoms with van der Waals surface area (Å²) in [7, 11) is -3.66. The van der Waals surface area contributed by atoms with Gasteiger partial charge in [-0.25, -0.2) is 17.7 Å². The van der Waals surface area contributed by atoms with Crippen LogP contribution in [0.3, 0.4) is 0 Å². The summed E-state index contributed by atoms with van der Waals surface area (Å²) >= 11 is 8.74. The Morgan fingerprint density at radius 1 is 1.21 bits per heavy atom. The number of fused-ring (bicyclic) bond motifs is 1. The molecule has 4 rings (SSSR count). The molecular formula is C19H18ClN3O2S3. The second kappa shape index (κ2) is 7.87. The number of sulfonamides is 1. The van der Waals surface area contributed by atoms with Crippen molar-refractivity contribution < 1.29 is 8.42 Å². The number of halogens is 1. The third-order valence-corrected chi connectivity index (χ3v) is 8.86. The zero-order chi connectivity index (χ0) is 19.7. The molecule has 0 saturated heterocycles. The zero-order valence-electron chi connectivity index (χ0n) is 15.1. The van der Waals surface area contributed by atoms with E-state index in [-0.39, 0.29) is 0 Å². The van der Waals surface area contributed by atoms with Crippen LogP contribution >= 0.6 is 34.3 Å². The highest BCUT2D eigenvalue weighted by molar-refractivity contribution is 7.95. The molecule has 3 heterocycles. The molecule has 1 aromatic carbocycles. The fourth-order valence-corrected chi connectivity index (χ4v) is 7.22. The molecule has 0 radical (unpaired) electrons. The van der Waals surface area contributed by atoms with Crippen molar-refractivity contribution in [1.29, 1.82) is 0 Å². The summed E-state index contributed by atoms with van der Waals surface area (Å²) in [4.78, 5) is 4.65. The van der Waals surface area contributed by atoms with E-state index in [1.54, 1.807) is 17.5 Å². The number of hydrogen-bond donors (Lipinski definition) is 0. The van der Waals surface area contributed by atoms with E-state index >= 15 is 0 Å².